The van der Waals surface area contributed by atoms with Gasteiger partial charge in [-0.2, -0.15) is 0 Å². The van der Waals surface area contributed by atoms with E-state index in [0.29, 0.717) is 11.8 Å². The van der Waals surface area contributed by atoms with Crippen molar-refractivity contribution in [3.05, 3.63) is 35.9 Å². The number of guanidine groups is 1. The van der Waals surface area contributed by atoms with Gasteiger partial charge in [-0.25, -0.2) is 0 Å². The fraction of sp³-hybridized carbons (Fsp3) is 0.667. The zero-order chi connectivity index (χ0) is 18.6. The van der Waals surface area contributed by atoms with Crippen LogP contribution in [-0.2, 0) is 9.47 Å². The summed E-state index contributed by atoms with van der Waals surface area (Å²) >= 11 is 0. The van der Waals surface area contributed by atoms with Gasteiger partial charge in [0.15, 0.2) is 5.96 Å². The Kier molecular flexibility index (Phi) is 9.50. The number of ether oxygens (including phenoxy) is 2. The fourth-order valence-electron chi connectivity index (χ4n) is 3.11. The van der Waals surface area contributed by atoms with Crippen LogP contribution in [0.15, 0.2) is 35.3 Å². The summed E-state index contributed by atoms with van der Waals surface area (Å²) in [5, 5.41) is 6.76. The van der Waals surface area contributed by atoms with Gasteiger partial charge in [-0.05, 0) is 31.2 Å². The molecular formula is C21H35N3O2. The Morgan fingerprint density at radius 1 is 1.27 bits per heavy atom. The summed E-state index contributed by atoms with van der Waals surface area (Å²) in [6.07, 6.45) is 2.27. The minimum atomic E-state index is 0.287. The zero-order valence-corrected chi connectivity index (χ0v) is 16.5. The van der Waals surface area contributed by atoms with E-state index in [4.69, 9.17) is 14.5 Å². The van der Waals surface area contributed by atoms with Crippen LogP contribution in [0.2, 0.25) is 0 Å². The van der Waals surface area contributed by atoms with E-state index in [1.54, 1.807) is 0 Å². The molecule has 1 aliphatic heterocycles. The molecule has 26 heavy (non-hydrogen) atoms. The van der Waals surface area contributed by atoms with Gasteiger partial charge in [-0.1, -0.05) is 44.2 Å². The summed E-state index contributed by atoms with van der Waals surface area (Å²) in [5.74, 6) is 1.86. The van der Waals surface area contributed by atoms with Crippen LogP contribution in [0.1, 0.15) is 45.1 Å². The monoisotopic (exact) mass is 361 g/mol. The van der Waals surface area contributed by atoms with Crippen LogP contribution in [0, 0.1) is 5.92 Å². The highest BCUT2D eigenvalue weighted by Gasteiger charge is 2.16. The maximum atomic E-state index is 5.81. The molecule has 5 heteroatoms. The summed E-state index contributed by atoms with van der Waals surface area (Å²) in [6, 6.07) is 10.7. The topological polar surface area (TPSA) is 54.9 Å². The maximum absolute atomic E-state index is 5.81. The Labute approximate surface area is 158 Å². The Balaban J connectivity index is 1.78. The standard InChI is InChI=1S/C21H35N3O2/c1-4-22-21(23-12-8-13-26-19-11-14-25-16-19)24-15-20(17(2)3)18-9-6-5-7-10-18/h5-7,9-10,17,19-20H,4,8,11-16H2,1-3H3,(H2,22,23,24). The first-order valence-corrected chi connectivity index (χ1v) is 9.97. The molecule has 0 saturated carbocycles. The molecule has 5 nitrogen and oxygen atoms in total. The lowest BCUT2D eigenvalue weighted by Crippen LogP contribution is -2.38. The molecule has 0 amide bonds. The Morgan fingerprint density at radius 3 is 2.73 bits per heavy atom. The molecule has 0 aliphatic carbocycles. The molecule has 1 saturated heterocycles. The highest BCUT2D eigenvalue weighted by atomic mass is 16.5. The van der Waals surface area contributed by atoms with Crippen LogP contribution in [-0.4, -0.2) is 51.5 Å². The van der Waals surface area contributed by atoms with Crippen molar-refractivity contribution in [3.63, 3.8) is 0 Å². The van der Waals surface area contributed by atoms with Crippen molar-refractivity contribution in [2.24, 2.45) is 10.9 Å². The third kappa shape index (κ3) is 7.34. The van der Waals surface area contributed by atoms with Gasteiger partial charge in [0.1, 0.15) is 0 Å². The molecule has 2 unspecified atom stereocenters. The summed E-state index contributed by atoms with van der Waals surface area (Å²) < 4.78 is 11.1. The highest BCUT2D eigenvalue weighted by molar-refractivity contribution is 5.79. The third-order valence-electron chi connectivity index (χ3n) is 4.68. The normalized spacial score (nSPS) is 18.9. The second-order valence-electron chi connectivity index (χ2n) is 7.12. The van der Waals surface area contributed by atoms with Crippen LogP contribution >= 0.6 is 0 Å². The van der Waals surface area contributed by atoms with E-state index >= 15 is 0 Å². The maximum Gasteiger partial charge on any atom is 0.191 e. The van der Waals surface area contributed by atoms with Crippen LogP contribution in [0.5, 0.6) is 0 Å². The molecule has 1 aromatic carbocycles. The van der Waals surface area contributed by atoms with Crippen molar-refractivity contribution in [2.75, 3.05) is 39.5 Å². The molecule has 0 spiro atoms. The van der Waals surface area contributed by atoms with Gasteiger partial charge in [-0.3, -0.25) is 4.99 Å². The van der Waals surface area contributed by atoms with Crippen LogP contribution in [0.4, 0.5) is 0 Å². The van der Waals surface area contributed by atoms with Gasteiger partial charge in [-0.15, -0.1) is 0 Å². The first kappa shape index (κ1) is 20.7. The average molecular weight is 362 g/mol. The van der Waals surface area contributed by atoms with E-state index in [2.05, 4.69) is 61.7 Å². The fourth-order valence-corrected chi connectivity index (χ4v) is 3.11. The smallest absolute Gasteiger partial charge is 0.191 e. The highest BCUT2D eigenvalue weighted by Crippen LogP contribution is 2.24. The van der Waals surface area contributed by atoms with Crippen molar-refractivity contribution in [1.29, 1.82) is 0 Å². The zero-order valence-electron chi connectivity index (χ0n) is 16.5. The molecule has 146 valence electrons. The molecule has 2 N–H and O–H groups in total. The van der Waals surface area contributed by atoms with Gasteiger partial charge in [0.2, 0.25) is 0 Å². The largest absolute Gasteiger partial charge is 0.379 e. The molecule has 0 radical (unpaired) electrons. The minimum absolute atomic E-state index is 0.287. The first-order chi connectivity index (χ1) is 12.7. The van der Waals surface area contributed by atoms with E-state index in [9.17, 15) is 0 Å². The molecule has 2 rings (SSSR count). The molecule has 1 aliphatic rings. The van der Waals surface area contributed by atoms with Crippen molar-refractivity contribution in [1.82, 2.24) is 10.6 Å². The van der Waals surface area contributed by atoms with Crippen LogP contribution in [0.3, 0.4) is 0 Å². The van der Waals surface area contributed by atoms with Crippen molar-refractivity contribution < 1.29 is 9.47 Å². The lowest BCUT2D eigenvalue weighted by molar-refractivity contribution is 0.0420. The molecule has 0 aromatic heterocycles. The second-order valence-corrected chi connectivity index (χ2v) is 7.12. The SMILES string of the molecule is CCNC(=NCC(c1ccccc1)C(C)C)NCCCOC1CCOC1. The summed E-state index contributed by atoms with van der Waals surface area (Å²) in [7, 11) is 0. The number of rotatable bonds is 10. The Hall–Kier alpha value is -1.59. The van der Waals surface area contributed by atoms with Gasteiger partial charge in [0, 0.05) is 38.8 Å². The molecule has 0 bridgehead atoms. The van der Waals surface area contributed by atoms with Gasteiger partial charge in [0.25, 0.3) is 0 Å². The summed E-state index contributed by atoms with van der Waals surface area (Å²) in [4.78, 5) is 4.82. The Morgan fingerprint density at radius 2 is 2.08 bits per heavy atom. The number of nitrogens with one attached hydrogen (secondary N) is 2. The second kappa shape index (κ2) is 11.9. The molecule has 1 aromatic rings. The average Bonchev–Trinajstić information content (AvgIpc) is 3.15. The van der Waals surface area contributed by atoms with Crippen LogP contribution in [0.25, 0.3) is 0 Å². The summed E-state index contributed by atoms with van der Waals surface area (Å²) in [5.41, 5.74) is 1.36. The van der Waals surface area contributed by atoms with E-state index < -0.39 is 0 Å². The Bertz CT molecular complexity index is 513. The lowest BCUT2D eigenvalue weighted by Gasteiger charge is -2.20. The summed E-state index contributed by atoms with van der Waals surface area (Å²) in [6.45, 7) is 11.5. The molecule has 2 atom stereocenters. The predicted octanol–water partition coefficient (Wildman–Crippen LogP) is 3.18. The minimum Gasteiger partial charge on any atom is -0.379 e. The first-order valence-electron chi connectivity index (χ1n) is 9.97. The van der Waals surface area contributed by atoms with Crippen molar-refractivity contribution in [3.8, 4) is 0 Å². The van der Waals surface area contributed by atoms with Gasteiger partial charge >= 0.3 is 0 Å². The number of hydrogen-bond acceptors (Lipinski definition) is 3. The quantitative estimate of drug-likeness (QED) is 0.382. The van der Waals surface area contributed by atoms with E-state index in [0.717, 1.165) is 58.3 Å². The molecule has 1 fully saturated rings. The number of aliphatic imine (C=N–C) groups is 1. The predicted molar refractivity (Wildman–Crippen MR) is 108 cm³/mol. The van der Waals surface area contributed by atoms with E-state index in [1.165, 1.54) is 5.56 Å². The molecule has 1 heterocycles. The third-order valence-corrected chi connectivity index (χ3v) is 4.68. The van der Waals surface area contributed by atoms with Gasteiger partial charge in [0.05, 0.1) is 12.7 Å². The van der Waals surface area contributed by atoms with Crippen molar-refractivity contribution >= 4 is 5.96 Å². The molecular weight excluding hydrogens is 326 g/mol. The number of benzene rings is 1. The lowest BCUT2D eigenvalue weighted by atomic mass is 9.88. The number of nitrogens with zero attached hydrogens (tertiary/aromatic N) is 1. The van der Waals surface area contributed by atoms with Gasteiger partial charge < -0.3 is 20.1 Å². The van der Waals surface area contributed by atoms with Crippen molar-refractivity contribution in [2.45, 2.75) is 45.6 Å². The van der Waals surface area contributed by atoms with E-state index in [1.807, 2.05) is 0 Å². The van der Waals surface area contributed by atoms with E-state index in [-0.39, 0.29) is 6.10 Å². The number of hydrogen-bond donors (Lipinski definition) is 2. The van der Waals surface area contributed by atoms with Crippen LogP contribution < -0.4 is 10.6 Å².